The van der Waals surface area contributed by atoms with Gasteiger partial charge in [0.05, 0.1) is 6.20 Å². The molecule has 1 unspecified atom stereocenters. The van der Waals surface area contributed by atoms with E-state index in [9.17, 15) is 4.79 Å². The van der Waals surface area contributed by atoms with E-state index < -0.39 is 0 Å². The molecule has 0 bridgehead atoms. The van der Waals surface area contributed by atoms with E-state index in [4.69, 9.17) is 5.84 Å². The molecule has 1 atom stereocenters. The lowest BCUT2D eigenvalue weighted by molar-refractivity contribution is -0.129. The maximum atomic E-state index is 11.8. The number of nitrogen functional groups attached to an aromatic ring is 1. The molecule has 0 saturated carbocycles. The third kappa shape index (κ3) is 1.90. The zero-order chi connectivity index (χ0) is 14.4. The van der Waals surface area contributed by atoms with Crippen molar-refractivity contribution in [3.05, 3.63) is 18.6 Å². The fourth-order valence-electron chi connectivity index (χ4n) is 3.25. The second-order valence-electron chi connectivity index (χ2n) is 5.48. The number of aromatic nitrogens is 3. The van der Waals surface area contributed by atoms with Crippen molar-refractivity contribution in [2.24, 2.45) is 5.84 Å². The number of nitrogens with zero attached hydrogens (tertiary/aromatic N) is 5. The SMILES string of the molecule is NNc1cn2ccnc2c(N2CCN3C(=O)CCC3C2)n1. The van der Waals surface area contributed by atoms with Gasteiger partial charge in [-0.2, -0.15) is 0 Å². The Bertz CT molecular complexity index is 697. The summed E-state index contributed by atoms with van der Waals surface area (Å²) in [7, 11) is 0. The van der Waals surface area contributed by atoms with Crippen molar-refractivity contribution in [3.8, 4) is 0 Å². The quantitative estimate of drug-likeness (QED) is 0.588. The van der Waals surface area contributed by atoms with Gasteiger partial charge in [0.25, 0.3) is 0 Å². The Morgan fingerprint density at radius 1 is 1.38 bits per heavy atom. The molecule has 0 spiro atoms. The third-order valence-electron chi connectivity index (χ3n) is 4.30. The molecule has 2 aromatic heterocycles. The van der Waals surface area contributed by atoms with Crippen LogP contribution < -0.4 is 16.2 Å². The predicted molar refractivity (Wildman–Crippen MR) is 77.7 cm³/mol. The summed E-state index contributed by atoms with van der Waals surface area (Å²) < 4.78 is 1.91. The minimum Gasteiger partial charge on any atom is -0.350 e. The van der Waals surface area contributed by atoms with E-state index in [2.05, 4.69) is 20.3 Å². The summed E-state index contributed by atoms with van der Waals surface area (Å²) in [6.07, 6.45) is 7.01. The molecule has 4 rings (SSSR count). The molecular formula is C13H17N7O. The minimum atomic E-state index is 0.274. The molecule has 2 aliphatic rings. The summed E-state index contributed by atoms with van der Waals surface area (Å²) in [5, 5.41) is 0. The van der Waals surface area contributed by atoms with Crippen LogP contribution in [0.2, 0.25) is 0 Å². The van der Waals surface area contributed by atoms with Crippen molar-refractivity contribution in [2.75, 3.05) is 30.0 Å². The molecule has 110 valence electrons. The summed E-state index contributed by atoms with van der Waals surface area (Å²) in [5.74, 6) is 7.18. The van der Waals surface area contributed by atoms with E-state index in [1.807, 2.05) is 15.5 Å². The van der Waals surface area contributed by atoms with E-state index in [1.165, 1.54) is 0 Å². The first kappa shape index (κ1) is 12.4. The molecule has 2 fully saturated rings. The molecule has 1 amide bonds. The van der Waals surface area contributed by atoms with Crippen molar-refractivity contribution >= 4 is 23.2 Å². The van der Waals surface area contributed by atoms with E-state index in [0.29, 0.717) is 12.2 Å². The average Bonchev–Trinajstić information content (AvgIpc) is 3.12. The molecule has 0 radical (unpaired) electrons. The Morgan fingerprint density at radius 2 is 2.29 bits per heavy atom. The highest BCUT2D eigenvalue weighted by Crippen LogP contribution is 2.27. The largest absolute Gasteiger partial charge is 0.350 e. The van der Waals surface area contributed by atoms with Crippen LogP contribution >= 0.6 is 0 Å². The lowest BCUT2D eigenvalue weighted by Crippen LogP contribution is -2.51. The highest BCUT2D eigenvalue weighted by Gasteiger charge is 2.36. The van der Waals surface area contributed by atoms with Crippen LogP contribution in [0.4, 0.5) is 11.6 Å². The number of nitrogens with two attached hydrogens (primary N) is 1. The number of imidazole rings is 1. The highest BCUT2D eigenvalue weighted by molar-refractivity contribution is 5.79. The molecule has 2 aromatic rings. The maximum Gasteiger partial charge on any atom is 0.223 e. The van der Waals surface area contributed by atoms with Gasteiger partial charge in [-0.15, -0.1) is 0 Å². The lowest BCUT2D eigenvalue weighted by Gasteiger charge is -2.38. The van der Waals surface area contributed by atoms with Crippen LogP contribution in [-0.4, -0.2) is 50.9 Å². The van der Waals surface area contributed by atoms with Gasteiger partial charge in [-0.1, -0.05) is 0 Å². The molecule has 2 saturated heterocycles. The van der Waals surface area contributed by atoms with Crippen LogP contribution in [0.3, 0.4) is 0 Å². The normalized spacial score (nSPS) is 22.0. The molecular weight excluding hydrogens is 270 g/mol. The topological polar surface area (TPSA) is 91.8 Å². The van der Waals surface area contributed by atoms with E-state index in [0.717, 1.165) is 37.5 Å². The first-order valence-electron chi connectivity index (χ1n) is 7.11. The summed E-state index contributed by atoms with van der Waals surface area (Å²) in [4.78, 5) is 24.9. The van der Waals surface area contributed by atoms with Gasteiger partial charge in [-0.05, 0) is 6.42 Å². The first-order valence-corrected chi connectivity index (χ1v) is 7.11. The molecule has 2 aliphatic heterocycles. The number of nitrogens with one attached hydrogen (secondary N) is 1. The van der Waals surface area contributed by atoms with Gasteiger partial charge in [-0.3, -0.25) is 4.79 Å². The molecule has 4 heterocycles. The van der Waals surface area contributed by atoms with Crippen LogP contribution in [0, 0.1) is 0 Å². The second-order valence-corrected chi connectivity index (χ2v) is 5.48. The lowest BCUT2D eigenvalue weighted by atomic mass is 10.1. The Balaban J connectivity index is 1.70. The minimum absolute atomic E-state index is 0.274. The van der Waals surface area contributed by atoms with Crippen molar-refractivity contribution in [2.45, 2.75) is 18.9 Å². The monoisotopic (exact) mass is 287 g/mol. The third-order valence-corrected chi connectivity index (χ3v) is 4.30. The predicted octanol–water partition coefficient (Wildman–Crippen LogP) is -0.174. The van der Waals surface area contributed by atoms with Gasteiger partial charge in [0.15, 0.2) is 17.3 Å². The molecule has 21 heavy (non-hydrogen) atoms. The van der Waals surface area contributed by atoms with Gasteiger partial charge in [0, 0.05) is 44.5 Å². The number of anilines is 2. The van der Waals surface area contributed by atoms with Gasteiger partial charge in [-0.25, -0.2) is 15.8 Å². The van der Waals surface area contributed by atoms with Crippen molar-refractivity contribution in [1.29, 1.82) is 0 Å². The summed E-state index contributed by atoms with van der Waals surface area (Å²) >= 11 is 0. The molecule has 0 aromatic carbocycles. The highest BCUT2D eigenvalue weighted by atomic mass is 16.2. The number of hydrogen-bond donors (Lipinski definition) is 2. The van der Waals surface area contributed by atoms with Gasteiger partial charge in [0.1, 0.15) is 0 Å². The fraction of sp³-hybridized carbons (Fsp3) is 0.462. The number of piperazine rings is 1. The van der Waals surface area contributed by atoms with Crippen LogP contribution in [0.25, 0.3) is 5.65 Å². The smallest absolute Gasteiger partial charge is 0.223 e. The molecule has 8 heteroatoms. The number of hydrogen-bond acceptors (Lipinski definition) is 6. The van der Waals surface area contributed by atoms with Crippen LogP contribution in [0.5, 0.6) is 0 Å². The zero-order valence-corrected chi connectivity index (χ0v) is 11.6. The summed E-state index contributed by atoms with van der Waals surface area (Å²) in [6.45, 7) is 2.32. The Morgan fingerprint density at radius 3 is 3.14 bits per heavy atom. The van der Waals surface area contributed by atoms with Crippen molar-refractivity contribution in [1.82, 2.24) is 19.3 Å². The Hall–Kier alpha value is -2.35. The fourth-order valence-corrected chi connectivity index (χ4v) is 3.25. The van der Waals surface area contributed by atoms with Gasteiger partial charge in [0.2, 0.25) is 5.91 Å². The van der Waals surface area contributed by atoms with Crippen molar-refractivity contribution in [3.63, 3.8) is 0 Å². The zero-order valence-electron chi connectivity index (χ0n) is 11.6. The number of fused-ring (bicyclic) bond motifs is 2. The van der Waals surface area contributed by atoms with Crippen LogP contribution in [0.1, 0.15) is 12.8 Å². The number of carbonyl (C=O) groups excluding carboxylic acids is 1. The summed E-state index contributed by atoms with van der Waals surface area (Å²) in [5.41, 5.74) is 3.40. The Kier molecular flexibility index (Phi) is 2.71. The number of carbonyl (C=O) groups is 1. The molecule has 0 aliphatic carbocycles. The molecule has 8 nitrogen and oxygen atoms in total. The average molecular weight is 287 g/mol. The number of hydrazine groups is 1. The number of rotatable bonds is 2. The first-order chi connectivity index (χ1) is 10.3. The van der Waals surface area contributed by atoms with Crippen molar-refractivity contribution < 1.29 is 4.79 Å². The summed E-state index contributed by atoms with van der Waals surface area (Å²) in [6, 6.07) is 0.289. The van der Waals surface area contributed by atoms with Gasteiger partial charge >= 0.3 is 0 Å². The standard InChI is InChI=1S/C13H17N7O/c14-17-10-8-18-4-3-15-12(18)13(16-10)19-5-6-20-9(7-19)1-2-11(20)21/h3-4,8-9,17H,1-2,5-7,14H2. The van der Waals surface area contributed by atoms with Gasteiger partial charge < -0.3 is 19.6 Å². The Labute approximate surface area is 121 Å². The second kappa shape index (κ2) is 4.59. The van der Waals surface area contributed by atoms with Crippen LogP contribution in [0.15, 0.2) is 18.6 Å². The van der Waals surface area contributed by atoms with E-state index in [-0.39, 0.29) is 11.9 Å². The maximum absolute atomic E-state index is 11.8. The van der Waals surface area contributed by atoms with E-state index >= 15 is 0 Å². The van der Waals surface area contributed by atoms with E-state index in [1.54, 1.807) is 12.4 Å². The molecule has 3 N–H and O–H groups in total. The number of amides is 1. The van der Waals surface area contributed by atoms with Crippen LogP contribution in [-0.2, 0) is 4.79 Å².